The molecule has 0 bridgehead atoms. The normalized spacial score (nSPS) is 11.4. The first kappa shape index (κ1) is 11.3. The van der Waals surface area contributed by atoms with Gasteiger partial charge in [-0.05, 0) is 30.7 Å². The van der Waals surface area contributed by atoms with Gasteiger partial charge in [-0.15, -0.1) is 11.6 Å². The number of rotatable bonds is 3. The van der Waals surface area contributed by atoms with E-state index in [0.717, 1.165) is 0 Å². The van der Waals surface area contributed by atoms with E-state index < -0.39 is 15.2 Å². The lowest BCUT2D eigenvalue weighted by atomic mass is 10.2. The van der Waals surface area contributed by atoms with Gasteiger partial charge >= 0.3 is 0 Å². The summed E-state index contributed by atoms with van der Waals surface area (Å²) in [6, 6.07) is 3.94. The molecule has 3 nitrogen and oxygen atoms in total. The van der Waals surface area contributed by atoms with Crippen LogP contribution >= 0.6 is 11.6 Å². The van der Waals surface area contributed by atoms with E-state index >= 15 is 0 Å². The molecular formula is C8H9ClFNO2S. The predicted octanol–water partition coefficient (Wildman–Crippen LogP) is 2.07. The van der Waals surface area contributed by atoms with Gasteiger partial charge in [0.1, 0.15) is 11.0 Å². The van der Waals surface area contributed by atoms with Crippen molar-refractivity contribution in [3.05, 3.63) is 29.6 Å². The Kier molecular flexibility index (Phi) is 3.34. The topological polar surface area (TPSA) is 46.2 Å². The van der Waals surface area contributed by atoms with Crippen LogP contribution in [-0.2, 0) is 10.0 Å². The largest absolute Gasteiger partial charge is 0.283 e. The van der Waals surface area contributed by atoms with E-state index in [1.54, 1.807) is 6.92 Å². The molecule has 0 unspecified atom stereocenters. The molecule has 78 valence electrons. The van der Waals surface area contributed by atoms with E-state index in [4.69, 9.17) is 11.6 Å². The zero-order chi connectivity index (χ0) is 10.8. The molecule has 1 rings (SSSR count). The summed E-state index contributed by atoms with van der Waals surface area (Å²) in [5, 5.41) is -0.524. The number of halogens is 2. The van der Waals surface area contributed by atoms with Gasteiger partial charge in [0.05, 0.1) is 0 Å². The zero-order valence-corrected chi connectivity index (χ0v) is 8.99. The van der Waals surface area contributed by atoms with Gasteiger partial charge in [0.15, 0.2) is 0 Å². The first-order valence-electron chi connectivity index (χ1n) is 3.77. The highest BCUT2D eigenvalue weighted by Gasteiger charge is 2.08. The van der Waals surface area contributed by atoms with Crippen molar-refractivity contribution in [2.75, 3.05) is 9.93 Å². The number of anilines is 1. The van der Waals surface area contributed by atoms with Crippen LogP contribution in [-0.4, -0.2) is 13.6 Å². The minimum Gasteiger partial charge on any atom is -0.283 e. The van der Waals surface area contributed by atoms with Crippen LogP contribution in [0.4, 0.5) is 10.1 Å². The van der Waals surface area contributed by atoms with Gasteiger partial charge in [0.2, 0.25) is 10.0 Å². The van der Waals surface area contributed by atoms with Gasteiger partial charge in [-0.25, -0.2) is 12.8 Å². The van der Waals surface area contributed by atoms with Crippen molar-refractivity contribution in [1.82, 2.24) is 0 Å². The second-order valence-corrected chi connectivity index (χ2v) is 5.10. The summed E-state index contributed by atoms with van der Waals surface area (Å²) in [6.45, 7) is 1.55. The maximum atomic E-state index is 12.8. The van der Waals surface area contributed by atoms with Gasteiger partial charge < -0.3 is 0 Å². The van der Waals surface area contributed by atoms with Crippen molar-refractivity contribution < 1.29 is 12.8 Å². The van der Waals surface area contributed by atoms with Crippen LogP contribution in [0.25, 0.3) is 0 Å². The summed E-state index contributed by atoms with van der Waals surface area (Å²) in [5.74, 6) is -0.376. The molecule has 1 aromatic rings. The van der Waals surface area contributed by atoms with Crippen LogP contribution in [0.1, 0.15) is 5.56 Å². The summed E-state index contributed by atoms with van der Waals surface area (Å²) in [4.78, 5) is 0. The van der Waals surface area contributed by atoms with Gasteiger partial charge in [-0.2, -0.15) is 0 Å². The number of aryl methyl sites for hydroxylation is 1. The highest BCUT2D eigenvalue weighted by molar-refractivity contribution is 7.93. The first-order valence-corrected chi connectivity index (χ1v) is 5.96. The Labute approximate surface area is 86.9 Å². The van der Waals surface area contributed by atoms with Crippen LogP contribution in [0.2, 0.25) is 0 Å². The van der Waals surface area contributed by atoms with Gasteiger partial charge in [-0.1, -0.05) is 0 Å². The Hall–Kier alpha value is -0.810. The lowest BCUT2D eigenvalue weighted by molar-refractivity contribution is 0.605. The third-order valence-electron chi connectivity index (χ3n) is 1.57. The molecule has 0 spiro atoms. The Morgan fingerprint density at radius 2 is 2.14 bits per heavy atom. The molecule has 0 atom stereocenters. The summed E-state index contributed by atoms with van der Waals surface area (Å²) in [5.41, 5.74) is 0.685. The fraction of sp³-hybridized carbons (Fsp3) is 0.250. The van der Waals surface area contributed by atoms with Crippen LogP contribution in [0.15, 0.2) is 18.2 Å². The van der Waals surface area contributed by atoms with Crippen molar-refractivity contribution >= 4 is 27.3 Å². The second kappa shape index (κ2) is 4.14. The Balaban J connectivity index is 2.94. The molecule has 0 aliphatic rings. The monoisotopic (exact) mass is 237 g/mol. The molecule has 0 radical (unpaired) electrons. The number of nitrogens with one attached hydrogen (secondary N) is 1. The fourth-order valence-corrected chi connectivity index (χ4v) is 1.62. The van der Waals surface area contributed by atoms with Crippen LogP contribution in [0.3, 0.4) is 0 Å². The smallest absolute Gasteiger partial charge is 0.246 e. The van der Waals surface area contributed by atoms with Gasteiger partial charge in [-0.3, -0.25) is 4.72 Å². The van der Waals surface area contributed by atoms with Gasteiger partial charge in [0.25, 0.3) is 0 Å². The summed E-state index contributed by atoms with van der Waals surface area (Å²) >= 11 is 5.19. The third-order valence-corrected chi connectivity index (χ3v) is 3.27. The first-order chi connectivity index (χ1) is 6.44. The average Bonchev–Trinajstić information content (AvgIpc) is 2.11. The molecular weight excluding hydrogens is 229 g/mol. The zero-order valence-electron chi connectivity index (χ0n) is 7.42. The van der Waals surface area contributed by atoms with Crippen molar-refractivity contribution in [2.24, 2.45) is 0 Å². The Morgan fingerprint density at radius 1 is 1.50 bits per heavy atom. The van der Waals surface area contributed by atoms with E-state index in [2.05, 4.69) is 4.72 Å². The Morgan fingerprint density at radius 3 is 2.64 bits per heavy atom. The van der Waals surface area contributed by atoms with Crippen molar-refractivity contribution in [3.8, 4) is 0 Å². The standard InChI is InChI=1S/C8H9ClFNO2S/c1-6-4-7(2-3-8(6)10)11-14(12,13)5-9/h2-4,11H,5H2,1H3. The molecule has 0 heterocycles. The second-order valence-electron chi connectivity index (χ2n) is 2.79. The van der Waals surface area contributed by atoms with Crippen molar-refractivity contribution in [1.29, 1.82) is 0 Å². The highest BCUT2D eigenvalue weighted by atomic mass is 35.5. The predicted molar refractivity (Wildman–Crippen MR) is 54.4 cm³/mol. The quantitative estimate of drug-likeness (QED) is 0.818. The van der Waals surface area contributed by atoms with Crippen LogP contribution < -0.4 is 4.72 Å². The molecule has 0 fully saturated rings. The van der Waals surface area contributed by atoms with Crippen molar-refractivity contribution in [2.45, 2.75) is 6.92 Å². The molecule has 1 aromatic carbocycles. The van der Waals surface area contributed by atoms with Crippen molar-refractivity contribution in [3.63, 3.8) is 0 Å². The van der Waals surface area contributed by atoms with E-state index in [0.29, 0.717) is 11.3 Å². The maximum Gasteiger partial charge on any atom is 0.246 e. The maximum absolute atomic E-state index is 12.8. The molecule has 0 aliphatic heterocycles. The Bertz CT molecular complexity index is 433. The van der Waals surface area contributed by atoms with E-state index in [-0.39, 0.29) is 5.82 Å². The van der Waals surface area contributed by atoms with E-state index in [1.807, 2.05) is 0 Å². The minimum atomic E-state index is -3.51. The molecule has 6 heteroatoms. The number of sulfonamides is 1. The molecule has 0 aromatic heterocycles. The number of alkyl halides is 1. The third kappa shape index (κ3) is 2.85. The van der Waals surface area contributed by atoms with Crippen LogP contribution in [0.5, 0.6) is 0 Å². The highest BCUT2D eigenvalue weighted by Crippen LogP contribution is 2.15. The van der Waals surface area contributed by atoms with E-state index in [9.17, 15) is 12.8 Å². The van der Waals surface area contributed by atoms with Crippen LogP contribution in [0, 0.1) is 12.7 Å². The molecule has 14 heavy (non-hydrogen) atoms. The summed E-state index contributed by atoms with van der Waals surface area (Å²) in [7, 11) is -3.51. The number of hydrogen-bond acceptors (Lipinski definition) is 2. The van der Waals surface area contributed by atoms with E-state index in [1.165, 1.54) is 18.2 Å². The average molecular weight is 238 g/mol. The summed E-state index contributed by atoms with van der Waals surface area (Å²) in [6.07, 6.45) is 0. The van der Waals surface area contributed by atoms with Gasteiger partial charge in [0, 0.05) is 5.69 Å². The number of hydrogen-bond donors (Lipinski definition) is 1. The molecule has 0 amide bonds. The molecule has 0 saturated carbocycles. The molecule has 1 N–H and O–H groups in total. The molecule has 0 saturated heterocycles. The fourth-order valence-electron chi connectivity index (χ4n) is 0.915. The summed E-state index contributed by atoms with van der Waals surface area (Å²) < 4.78 is 37.1. The lowest BCUT2D eigenvalue weighted by Crippen LogP contribution is -2.13. The lowest BCUT2D eigenvalue weighted by Gasteiger charge is -2.05. The molecule has 0 aliphatic carbocycles. The SMILES string of the molecule is Cc1cc(NS(=O)(=O)CCl)ccc1F. The number of benzene rings is 1. The minimum absolute atomic E-state index is 0.310.